The zero-order valence-electron chi connectivity index (χ0n) is 10.7. The first kappa shape index (κ1) is 12.6. The van der Waals surface area contributed by atoms with Crippen molar-refractivity contribution in [2.75, 3.05) is 11.9 Å². The van der Waals surface area contributed by atoms with Crippen LogP contribution in [-0.2, 0) is 6.54 Å². The maximum Gasteiger partial charge on any atom is 0.123 e. The molecule has 0 saturated heterocycles. The molecule has 0 aromatic carbocycles. The summed E-state index contributed by atoms with van der Waals surface area (Å²) in [5.41, 5.74) is 1.71. The quantitative estimate of drug-likeness (QED) is 0.881. The van der Waals surface area contributed by atoms with Crippen molar-refractivity contribution in [2.24, 2.45) is 0 Å². The van der Waals surface area contributed by atoms with E-state index in [2.05, 4.69) is 4.98 Å². The molecule has 0 amide bonds. The third kappa shape index (κ3) is 2.90. The zero-order chi connectivity index (χ0) is 13.0. The molecule has 0 unspecified atom stereocenters. The highest BCUT2D eigenvalue weighted by molar-refractivity contribution is 5.44. The molecule has 2 aromatic rings. The van der Waals surface area contributed by atoms with Gasteiger partial charge in [-0.1, -0.05) is 6.92 Å². The monoisotopic (exact) mass is 246 g/mol. The fraction of sp³-hybridized carbons (Fsp3) is 0.357. The maximum absolute atomic E-state index is 9.68. The summed E-state index contributed by atoms with van der Waals surface area (Å²) < 4.78 is 5.30. The van der Waals surface area contributed by atoms with Crippen LogP contribution in [0.25, 0.3) is 0 Å². The molecule has 0 bridgehead atoms. The highest BCUT2D eigenvalue weighted by Crippen LogP contribution is 2.18. The number of aliphatic hydroxyl groups is 1. The van der Waals surface area contributed by atoms with E-state index < -0.39 is 6.10 Å². The normalized spacial score (nSPS) is 12.4. The van der Waals surface area contributed by atoms with E-state index in [1.807, 2.05) is 43.1 Å². The van der Waals surface area contributed by atoms with Gasteiger partial charge in [0.25, 0.3) is 0 Å². The van der Waals surface area contributed by atoms with Gasteiger partial charge in [-0.15, -0.1) is 0 Å². The Bertz CT molecular complexity index is 465. The summed E-state index contributed by atoms with van der Waals surface area (Å²) in [6.45, 7) is 2.63. The Kier molecular flexibility index (Phi) is 3.99. The number of pyridine rings is 1. The average molecular weight is 246 g/mol. The summed E-state index contributed by atoms with van der Waals surface area (Å²) in [7, 11) is 1.98. The Morgan fingerprint density at radius 2 is 2.22 bits per heavy atom. The summed E-state index contributed by atoms with van der Waals surface area (Å²) in [5, 5.41) is 9.68. The number of aliphatic hydroxyl groups excluding tert-OH is 1. The summed E-state index contributed by atoms with van der Waals surface area (Å²) in [6.07, 6.45) is 3.64. The van der Waals surface area contributed by atoms with Crippen LogP contribution >= 0.6 is 0 Å². The van der Waals surface area contributed by atoms with Gasteiger partial charge in [-0.05, 0) is 30.7 Å². The van der Waals surface area contributed by atoms with Crippen molar-refractivity contribution in [1.29, 1.82) is 0 Å². The molecule has 2 aromatic heterocycles. The van der Waals surface area contributed by atoms with Gasteiger partial charge in [0.15, 0.2) is 0 Å². The molecule has 0 radical (unpaired) electrons. The zero-order valence-corrected chi connectivity index (χ0v) is 10.7. The predicted molar refractivity (Wildman–Crippen MR) is 70.3 cm³/mol. The Morgan fingerprint density at radius 3 is 2.78 bits per heavy atom. The SMILES string of the molecule is CC[C@@H](O)c1ccc(N(C)Cc2ccco2)cn1. The van der Waals surface area contributed by atoms with Crippen LogP contribution < -0.4 is 4.90 Å². The van der Waals surface area contributed by atoms with E-state index in [9.17, 15) is 5.11 Å². The van der Waals surface area contributed by atoms with Crippen molar-refractivity contribution in [3.63, 3.8) is 0 Å². The molecule has 0 fully saturated rings. The minimum Gasteiger partial charge on any atom is -0.467 e. The van der Waals surface area contributed by atoms with Crippen LogP contribution in [0.5, 0.6) is 0 Å². The van der Waals surface area contributed by atoms with Crippen LogP contribution in [0.1, 0.15) is 30.9 Å². The maximum atomic E-state index is 9.68. The topological polar surface area (TPSA) is 49.5 Å². The standard InChI is InChI=1S/C14H18N2O2/c1-3-14(17)13-7-6-11(9-15-13)16(2)10-12-5-4-8-18-12/h4-9,14,17H,3,10H2,1-2H3/t14-/m1/s1. The van der Waals surface area contributed by atoms with Gasteiger partial charge in [0.2, 0.25) is 0 Å². The molecular weight excluding hydrogens is 228 g/mol. The lowest BCUT2D eigenvalue weighted by molar-refractivity contribution is 0.169. The number of furan rings is 1. The highest BCUT2D eigenvalue weighted by Gasteiger charge is 2.08. The van der Waals surface area contributed by atoms with Crippen molar-refractivity contribution in [1.82, 2.24) is 4.98 Å². The van der Waals surface area contributed by atoms with Crippen molar-refractivity contribution in [3.05, 3.63) is 48.2 Å². The Hall–Kier alpha value is -1.81. The largest absolute Gasteiger partial charge is 0.467 e. The van der Waals surface area contributed by atoms with Crippen LogP contribution in [-0.4, -0.2) is 17.1 Å². The highest BCUT2D eigenvalue weighted by atomic mass is 16.3. The molecule has 2 rings (SSSR count). The molecular formula is C14H18N2O2. The number of anilines is 1. The average Bonchev–Trinajstić information content (AvgIpc) is 2.91. The number of nitrogens with zero attached hydrogens (tertiary/aromatic N) is 2. The van der Waals surface area contributed by atoms with E-state index in [1.165, 1.54) is 0 Å². The Balaban J connectivity index is 2.04. The fourth-order valence-electron chi connectivity index (χ4n) is 1.76. The number of hydrogen-bond donors (Lipinski definition) is 1. The molecule has 1 N–H and O–H groups in total. The molecule has 0 spiro atoms. The van der Waals surface area contributed by atoms with Gasteiger partial charge in [0.05, 0.1) is 36.5 Å². The summed E-state index contributed by atoms with van der Waals surface area (Å²) in [5.74, 6) is 0.912. The van der Waals surface area contributed by atoms with Gasteiger partial charge in [0.1, 0.15) is 5.76 Å². The van der Waals surface area contributed by atoms with Crippen LogP contribution in [0, 0.1) is 0 Å². The first-order valence-electron chi connectivity index (χ1n) is 6.08. The van der Waals surface area contributed by atoms with Crippen LogP contribution in [0.15, 0.2) is 41.1 Å². The lowest BCUT2D eigenvalue weighted by Gasteiger charge is -2.18. The van der Waals surface area contributed by atoms with E-state index in [4.69, 9.17) is 4.42 Å². The van der Waals surface area contributed by atoms with Gasteiger partial charge >= 0.3 is 0 Å². The lowest BCUT2D eigenvalue weighted by atomic mass is 10.2. The lowest BCUT2D eigenvalue weighted by Crippen LogP contribution is -2.16. The number of aromatic nitrogens is 1. The van der Waals surface area contributed by atoms with E-state index in [1.54, 1.807) is 12.5 Å². The van der Waals surface area contributed by atoms with Crippen molar-refractivity contribution < 1.29 is 9.52 Å². The van der Waals surface area contributed by atoms with Crippen LogP contribution in [0.4, 0.5) is 5.69 Å². The van der Waals surface area contributed by atoms with E-state index in [0.717, 1.165) is 11.4 Å². The van der Waals surface area contributed by atoms with E-state index in [-0.39, 0.29) is 0 Å². The van der Waals surface area contributed by atoms with Gasteiger partial charge in [0, 0.05) is 7.05 Å². The van der Waals surface area contributed by atoms with Crippen LogP contribution in [0.2, 0.25) is 0 Å². The number of hydrogen-bond acceptors (Lipinski definition) is 4. The predicted octanol–water partition coefficient (Wildman–Crippen LogP) is 2.75. The third-order valence-corrected chi connectivity index (χ3v) is 2.91. The van der Waals surface area contributed by atoms with Crippen molar-refractivity contribution in [3.8, 4) is 0 Å². The van der Waals surface area contributed by atoms with Gasteiger partial charge in [-0.2, -0.15) is 0 Å². The molecule has 4 nitrogen and oxygen atoms in total. The minimum absolute atomic E-state index is 0.477. The molecule has 18 heavy (non-hydrogen) atoms. The van der Waals surface area contributed by atoms with Crippen LogP contribution in [0.3, 0.4) is 0 Å². The summed E-state index contributed by atoms with van der Waals surface area (Å²) in [4.78, 5) is 6.33. The second kappa shape index (κ2) is 5.69. The second-order valence-electron chi connectivity index (χ2n) is 4.30. The first-order valence-corrected chi connectivity index (χ1v) is 6.08. The third-order valence-electron chi connectivity index (χ3n) is 2.91. The molecule has 0 aliphatic rings. The van der Waals surface area contributed by atoms with Gasteiger partial charge < -0.3 is 14.4 Å². The summed E-state index contributed by atoms with van der Waals surface area (Å²) >= 11 is 0. The van der Waals surface area contributed by atoms with Gasteiger partial charge in [-0.3, -0.25) is 4.98 Å². The molecule has 0 saturated carbocycles. The van der Waals surface area contributed by atoms with E-state index >= 15 is 0 Å². The molecule has 4 heteroatoms. The van der Waals surface area contributed by atoms with Crippen molar-refractivity contribution in [2.45, 2.75) is 26.0 Å². The minimum atomic E-state index is -0.477. The molecule has 1 atom stereocenters. The Morgan fingerprint density at radius 1 is 1.39 bits per heavy atom. The number of rotatable bonds is 5. The first-order chi connectivity index (χ1) is 8.70. The second-order valence-corrected chi connectivity index (χ2v) is 4.30. The molecule has 2 heterocycles. The van der Waals surface area contributed by atoms with E-state index in [0.29, 0.717) is 18.7 Å². The fourth-order valence-corrected chi connectivity index (χ4v) is 1.76. The van der Waals surface area contributed by atoms with Gasteiger partial charge in [-0.25, -0.2) is 0 Å². The Labute approximate surface area is 107 Å². The summed E-state index contributed by atoms with van der Waals surface area (Å²) in [6, 6.07) is 7.65. The molecule has 0 aliphatic heterocycles. The smallest absolute Gasteiger partial charge is 0.123 e. The molecule has 0 aliphatic carbocycles. The molecule has 96 valence electrons. The van der Waals surface area contributed by atoms with Crippen molar-refractivity contribution >= 4 is 5.69 Å².